The molecule has 0 aliphatic carbocycles. The van der Waals surface area contributed by atoms with E-state index in [2.05, 4.69) is 38.2 Å². The van der Waals surface area contributed by atoms with Crippen LogP contribution in [0.25, 0.3) is 0 Å². The largest absolute Gasteiger partial charge is 0.462 e. The van der Waals surface area contributed by atoms with Crippen molar-refractivity contribution in [1.82, 2.24) is 0 Å². The Labute approximate surface area is 381 Å². The lowest BCUT2D eigenvalue weighted by atomic mass is 10.0. The lowest BCUT2D eigenvalue weighted by Crippen LogP contribution is -2.28. The first-order valence-corrected chi connectivity index (χ1v) is 27.4. The lowest BCUT2D eigenvalue weighted by molar-refractivity contribution is -0.161. The fourth-order valence-corrected chi connectivity index (χ4v) is 8.32. The Morgan fingerprint density at radius 3 is 0.951 bits per heavy atom. The Morgan fingerprint density at radius 2 is 0.639 bits per heavy atom. The number of aliphatic hydroxyl groups is 1. The van der Waals surface area contributed by atoms with Gasteiger partial charge in [-0.3, -0.25) is 9.59 Å². The normalized spacial score (nSPS) is 12.2. The van der Waals surface area contributed by atoms with E-state index in [4.69, 9.17) is 9.47 Å². The van der Waals surface area contributed by atoms with Gasteiger partial charge in [-0.2, -0.15) is 0 Å². The highest BCUT2D eigenvalue weighted by Gasteiger charge is 2.16. The van der Waals surface area contributed by atoms with Gasteiger partial charge in [0.25, 0.3) is 0 Å². The molecule has 0 aliphatic heterocycles. The van der Waals surface area contributed by atoms with Gasteiger partial charge in [0.1, 0.15) is 6.61 Å². The number of allylic oxidation sites excluding steroid dienone is 4. The minimum absolute atomic E-state index is 0.0655. The second kappa shape index (κ2) is 52.7. The Kier molecular flexibility index (Phi) is 51.3. The summed E-state index contributed by atoms with van der Waals surface area (Å²) in [5.41, 5.74) is 0. The number of rotatable bonds is 51. The Bertz CT molecular complexity index is 928. The fourth-order valence-electron chi connectivity index (χ4n) is 8.32. The van der Waals surface area contributed by atoms with Crippen LogP contribution in [0.15, 0.2) is 24.3 Å². The molecular weight excluding hydrogens is 753 g/mol. The SMILES string of the molecule is CCC/C=C\CCCCCCCC(=O)OCC(CO)OC(=O)CCCCCCCCCCCCCCCCCCCCCCCCCCC/C=C\CCCCCCCCCC. The molecule has 0 spiro atoms. The summed E-state index contributed by atoms with van der Waals surface area (Å²) in [6.07, 6.45) is 66.2. The van der Waals surface area contributed by atoms with Crippen molar-refractivity contribution in [3.8, 4) is 0 Å². The average Bonchev–Trinajstić information content (AvgIpc) is 3.26. The first-order chi connectivity index (χ1) is 30.1. The van der Waals surface area contributed by atoms with E-state index in [9.17, 15) is 14.7 Å². The van der Waals surface area contributed by atoms with Crippen LogP contribution in [0.2, 0.25) is 0 Å². The smallest absolute Gasteiger partial charge is 0.306 e. The van der Waals surface area contributed by atoms with Crippen LogP contribution in [0, 0.1) is 0 Å². The summed E-state index contributed by atoms with van der Waals surface area (Å²) in [6, 6.07) is 0. The summed E-state index contributed by atoms with van der Waals surface area (Å²) >= 11 is 0. The van der Waals surface area contributed by atoms with Crippen LogP contribution in [0.4, 0.5) is 0 Å². The van der Waals surface area contributed by atoms with Gasteiger partial charge in [0, 0.05) is 12.8 Å². The number of hydrogen-bond donors (Lipinski definition) is 1. The van der Waals surface area contributed by atoms with Crippen LogP contribution in [-0.2, 0) is 19.1 Å². The van der Waals surface area contributed by atoms with Crippen LogP contribution >= 0.6 is 0 Å². The van der Waals surface area contributed by atoms with E-state index in [1.165, 1.54) is 225 Å². The van der Waals surface area contributed by atoms with Gasteiger partial charge in [0.2, 0.25) is 0 Å². The molecule has 5 heteroatoms. The third-order valence-corrected chi connectivity index (χ3v) is 12.4. The molecule has 1 unspecified atom stereocenters. The quantitative estimate of drug-likeness (QED) is 0.0375. The zero-order valence-electron chi connectivity index (χ0n) is 41.2. The maximum Gasteiger partial charge on any atom is 0.306 e. The van der Waals surface area contributed by atoms with Crippen molar-refractivity contribution in [2.75, 3.05) is 13.2 Å². The van der Waals surface area contributed by atoms with E-state index < -0.39 is 6.10 Å². The molecule has 0 saturated carbocycles. The standard InChI is InChI=1S/C56H106O5/c1-3-5-7-9-11-13-15-16-17-18-19-20-21-22-23-24-25-26-27-28-29-30-31-32-33-34-35-36-37-38-39-40-41-43-45-47-49-51-56(59)61-54(52-57)53-60-55(58)50-48-46-44-42-14-12-10-8-6-4-2/h8,10,18-19,54,57H,3-7,9,11-17,20-53H2,1-2H3/b10-8-,19-18-. The highest BCUT2D eigenvalue weighted by atomic mass is 16.6. The highest BCUT2D eigenvalue weighted by molar-refractivity contribution is 5.70. The van der Waals surface area contributed by atoms with Crippen LogP contribution < -0.4 is 0 Å². The van der Waals surface area contributed by atoms with Crippen molar-refractivity contribution < 1.29 is 24.2 Å². The average molecular weight is 859 g/mol. The molecule has 0 aromatic rings. The topological polar surface area (TPSA) is 72.8 Å². The minimum atomic E-state index is -0.769. The Morgan fingerprint density at radius 1 is 0.361 bits per heavy atom. The summed E-state index contributed by atoms with van der Waals surface area (Å²) in [4.78, 5) is 24.3. The number of esters is 2. The predicted molar refractivity (Wildman–Crippen MR) is 265 cm³/mol. The van der Waals surface area contributed by atoms with Gasteiger partial charge < -0.3 is 14.6 Å². The van der Waals surface area contributed by atoms with Crippen molar-refractivity contribution in [2.24, 2.45) is 0 Å². The number of ether oxygens (including phenoxy) is 2. The van der Waals surface area contributed by atoms with Gasteiger partial charge in [-0.1, -0.05) is 256 Å². The number of carbonyl (C=O) groups excluding carboxylic acids is 2. The minimum Gasteiger partial charge on any atom is -0.462 e. The molecule has 0 fully saturated rings. The van der Waals surface area contributed by atoms with Crippen LogP contribution in [-0.4, -0.2) is 36.4 Å². The third kappa shape index (κ3) is 50.9. The Hall–Kier alpha value is -1.62. The van der Waals surface area contributed by atoms with E-state index in [-0.39, 0.29) is 25.2 Å². The first-order valence-electron chi connectivity index (χ1n) is 27.4. The Balaban J connectivity index is 3.33. The van der Waals surface area contributed by atoms with E-state index in [1.54, 1.807) is 0 Å². The van der Waals surface area contributed by atoms with E-state index in [1.807, 2.05) is 0 Å². The molecule has 0 rings (SSSR count). The van der Waals surface area contributed by atoms with Crippen molar-refractivity contribution in [1.29, 1.82) is 0 Å². The van der Waals surface area contributed by atoms with Crippen LogP contribution in [0.3, 0.4) is 0 Å². The molecule has 5 nitrogen and oxygen atoms in total. The van der Waals surface area contributed by atoms with E-state index in [0.29, 0.717) is 12.8 Å². The van der Waals surface area contributed by atoms with Gasteiger partial charge >= 0.3 is 11.9 Å². The van der Waals surface area contributed by atoms with Crippen molar-refractivity contribution in [3.05, 3.63) is 24.3 Å². The van der Waals surface area contributed by atoms with Gasteiger partial charge in [-0.25, -0.2) is 0 Å². The van der Waals surface area contributed by atoms with E-state index >= 15 is 0 Å². The lowest BCUT2D eigenvalue weighted by Gasteiger charge is -2.15. The summed E-state index contributed by atoms with van der Waals surface area (Å²) in [5.74, 6) is -0.590. The summed E-state index contributed by atoms with van der Waals surface area (Å²) in [5, 5.41) is 9.58. The summed E-state index contributed by atoms with van der Waals surface area (Å²) < 4.78 is 10.6. The second-order valence-electron chi connectivity index (χ2n) is 18.7. The zero-order valence-corrected chi connectivity index (χ0v) is 41.2. The van der Waals surface area contributed by atoms with Gasteiger partial charge in [-0.05, 0) is 57.8 Å². The molecule has 0 aromatic heterocycles. The van der Waals surface area contributed by atoms with Crippen molar-refractivity contribution in [3.63, 3.8) is 0 Å². The summed E-state index contributed by atoms with van der Waals surface area (Å²) in [7, 11) is 0. The van der Waals surface area contributed by atoms with Crippen LogP contribution in [0.1, 0.15) is 303 Å². The number of unbranched alkanes of at least 4 members (excludes halogenated alkanes) is 39. The maximum absolute atomic E-state index is 12.2. The van der Waals surface area contributed by atoms with Crippen molar-refractivity contribution >= 4 is 11.9 Å². The zero-order chi connectivity index (χ0) is 44.2. The number of hydrogen-bond acceptors (Lipinski definition) is 5. The van der Waals surface area contributed by atoms with E-state index in [0.717, 1.165) is 51.4 Å². The van der Waals surface area contributed by atoms with Gasteiger partial charge in [-0.15, -0.1) is 0 Å². The molecule has 360 valence electrons. The highest BCUT2D eigenvalue weighted by Crippen LogP contribution is 2.17. The molecule has 1 N–H and O–H groups in total. The third-order valence-electron chi connectivity index (χ3n) is 12.4. The molecule has 0 saturated heterocycles. The molecule has 0 aromatic carbocycles. The number of aliphatic hydroxyl groups excluding tert-OH is 1. The molecule has 0 heterocycles. The molecule has 61 heavy (non-hydrogen) atoms. The predicted octanol–water partition coefficient (Wildman–Crippen LogP) is 18.1. The second-order valence-corrected chi connectivity index (χ2v) is 18.7. The molecule has 1 atom stereocenters. The molecular formula is C56H106O5. The molecule has 0 amide bonds. The van der Waals surface area contributed by atoms with Gasteiger partial charge in [0.15, 0.2) is 6.10 Å². The molecule has 0 aliphatic rings. The molecule has 0 bridgehead atoms. The van der Waals surface area contributed by atoms with Crippen molar-refractivity contribution in [2.45, 2.75) is 309 Å². The van der Waals surface area contributed by atoms with Gasteiger partial charge in [0.05, 0.1) is 6.61 Å². The molecule has 0 radical (unpaired) electrons. The maximum atomic E-state index is 12.2. The number of carbonyl (C=O) groups is 2. The van der Waals surface area contributed by atoms with Crippen LogP contribution in [0.5, 0.6) is 0 Å². The monoisotopic (exact) mass is 859 g/mol. The summed E-state index contributed by atoms with van der Waals surface area (Å²) in [6.45, 7) is 4.10. The fraction of sp³-hybridized carbons (Fsp3) is 0.893. The first kappa shape index (κ1) is 59.4.